The number of hydrogen-bond acceptors (Lipinski definition) is 9. The minimum absolute atomic E-state index is 0.117. The van der Waals surface area contributed by atoms with Crippen LogP contribution in [0.3, 0.4) is 0 Å². The van der Waals surface area contributed by atoms with E-state index in [9.17, 15) is 8.42 Å². The van der Waals surface area contributed by atoms with Gasteiger partial charge in [-0.2, -0.15) is 15.0 Å². The number of anilines is 3. The van der Waals surface area contributed by atoms with E-state index in [2.05, 4.69) is 30.6 Å². The highest BCUT2D eigenvalue weighted by Crippen LogP contribution is 2.18. The van der Waals surface area contributed by atoms with Crippen molar-refractivity contribution < 1.29 is 8.42 Å². The lowest BCUT2D eigenvalue weighted by Gasteiger charge is -2.26. The highest BCUT2D eigenvalue weighted by molar-refractivity contribution is 7.89. The molecule has 11 heteroatoms. The van der Waals surface area contributed by atoms with Gasteiger partial charge in [0.25, 0.3) is 0 Å². The highest BCUT2D eigenvalue weighted by atomic mass is 32.2. The lowest BCUT2D eigenvalue weighted by molar-refractivity contribution is 0.568. The van der Waals surface area contributed by atoms with Crippen LogP contribution in [0.2, 0.25) is 0 Å². The third kappa shape index (κ3) is 4.95. The average Bonchev–Trinajstić information content (AvgIpc) is 2.46. The Morgan fingerprint density at radius 1 is 1.10 bits per heavy atom. The van der Waals surface area contributed by atoms with E-state index in [1.807, 2.05) is 0 Å². The lowest BCUT2D eigenvalue weighted by atomic mass is 10.1. The number of primary sulfonamides is 1. The number of nitrogen functional groups attached to an aromatic ring is 1. The van der Waals surface area contributed by atoms with Crippen molar-refractivity contribution in [2.45, 2.75) is 19.3 Å². The second-order valence-electron chi connectivity index (χ2n) is 4.77. The fourth-order valence-electron chi connectivity index (χ4n) is 2.05. The number of nitrogens with zero attached hydrogens (tertiary/aromatic N) is 4. The van der Waals surface area contributed by atoms with E-state index in [-0.39, 0.29) is 24.2 Å². The summed E-state index contributed by atoms with van der Waals surface area (Å²) in [7, 11) is -3.52. The summed E-state index contributed by atoms with van der Waals surface area (Å²) in [5.41, 5.74) is 2.38. The number of aromatic nitrogens is 3. The molecule has 0 atom stereocenters. The van der Waals surface area contributed by atoms with Crippen molar-refractivity contribution >= 4 is 27.9 Å². The molecule has 0 aliphatic carbocycles. The van der Waals surface area contributed by atoms with Gasteiger partial charge in [-0.1, -0.05) is 0 Å². The minimum atomic E-state index is -3.52. The Hall–Kier alpha value is -1.72. The summed E-state index contributed by atoms with van der Waals surface area (Å²) in [6.07, 6.45) is 3.37. The van der Waals surface area contributed by atoms with Crippen LogP contribution in [0.25, 0.3) is 0 Å². The van der Waals surface area contributed by atoms with Gasteiger partial charge in [0.15, 0.2) is 0 Å². The molecule has 1 aliphatic rings. The first-order valence-corrected chi connectivity index (χ1v) is 8.41. The molecule has 21 heavy (non-hydrogen) atoms. The van der Waals surface area contributed by atoms with Gasteiger partial charge in [0, 0.05) is 19.6 Å². The molecule has 6 N–H and O–H groups in total. The molecule has 0 radical (unpaired) electrons. The fraction of sp³-hybridized carbons (Fsp3) is 0.700. The molecular formula is C10H20N8O2S. The lowest BCUT2D eigenvalue weighted by Crippen LogP contribution is -2.32. The van der Waals surface area contributed by atoms with E-state index in [1.54, 1.807) is 0 Å². The Morgan fingerprint density at radius 2 is 1.76 bits per heavy atom. The van der Waals surface area contributed by atoms with E-state index in [0.717, 1.165) is 25.9 Å². The summed E-state index contributed by atoms with van der Waals surface area (Å²) in [5.74, 6) is 6.16. The molecular weight excluding hydrogens is 296 g/mol. The first kappa shape index (κ1) is 15.7. The van der Waals surface area contributed by atoms with Crippen LogP contribution in [0.4, 0.5) is 17.8 Å². The maximum Gasteiger partial charge on any atom is 0.243 e. The van der Waals surface area contributed by atoms with Crippen molar-refractivity contribution in [3.8, 4) is 0 Å². The van der Waals surface area contributed by atoms with Gasteiger partial charge >= 0.3 is 0 Å². The van der Waals surface area contributed by atoms with Crippen LogP contribution in [0, 0.1) is 0 Å². The van der Waals surface area contributed by atoms with E-state index in [4.69, 9.17) is 11.0 Å². The second kappa shape index (κ2) is 6.83. The van der Waals surface area contributed by atoms with Crippen LogP contribution in [-0.4, -0.2) is 48.8 Å². The quantitative estimate of drug-likeness (QED) is 0.376. The number of rotatable bonds is 6. The number of hydrazine groups is 1. The number of piperidine rings is 1. The monoisotopic (exact) mass is 316 g/mol. The molecule has 1 fully saturated rings. The molecule has 2 rings (SSSR count). The highest BCUT2D eigenvalue weighted by Gasteiger charge is 2.16. The van der Waals surface area contributed by atoms with Crippen LogP contribution in [0.15, 0.2) is 0 Å². The molecule has 0 bridgehead atoms. The summed E-state index contributed by atoms with van der Waals surface area (Å²) in [5, 5.41) is 7.75. The Morgan fingerprint density at radius 3 is 2.38 bits per heavy atom. The molecule has 2 heterocycles. The molecule has 1 saturated heterocycles. The van der Waals surface area contributed by atoms with Crippen molar-refractivity contribution in [1.29, 1.82) is 0 Å². The van der Waals surface area contributed by atoms with Gasteiger partial charge in [0.2, 0.25) is 27.9 Å². The molecule has 0 unspecified atom stereocenters. The summed E-state index contributed by atoms with van der Waals surface area (Å²) in [6, 6.07) is 0. The summed E-state index contributed by atoms with van der Waals surface area (Å²) < 4.78 is 21.8. The third-order valence-corrected chi connectivity index (χ3v) is 3.83. The molecule has 0 spiro atoms. The van der Waals surface area contributed by atoms with E-state index < -0.39 is 10.0 Å². The zero-order valence-electron chi connectivity index (χ0n) is 11.6. The van der Waals surface area contributed by atoms with Crippen LogP contribution < -0.4 is 26.6 Å². The maximum atomic E-state index is 10.9. The van der Waals surface area contributed by atoms with Gasteiger partial charge in [-0.15, -0.1) is 0 Å². The van der Waals surface area contributed by atoms with Gasteiger partial charge in [-0.3, -0.25) is 5.43 Å². The zero-order valence-corrected chi connectivity index (χ0v) is 12.4. The fourth-order valence-corrected chi connectivity index (χ4v) is 2.44. The zero-order chi connectivity index (χ0) is 15.3. The molecule has 10 nitrogen and oxygen atoms in total. The molecule has 0 saturated carbocycles. The van der Waals surface area contributed by atoms with Gasteiger partial charge in [-0.05, 0) is 19.3 Å². The normalized spacial score (nSPS) is 15.8. The van der Waals surface area contributed by atoms with Crippen molar-refractivity contribution in [2.24, 2.45) is 11.0 Å². The molecule has 0 aromatic carbocycles. The van der Waals surface area contributed by atoms with E-state index in [1.165, 1.54) is 6.42 Å². The Balaban J connectivity index is 2.09. The topological polar surface area (TPSA) is 152 Å². The number of hydrogen-bond donors (Lipinski definition) is 4. The van der Waals surface area contributed by atoms with Crippen LogP contribution in [0.5, 0.6) is 0 Å². The standard InChI is InChI=1S/C10H20N8O2S/c11-17-9-14-8(13-4-7-21(12,19)20)15-10(16-9)18-5-2-1-3-6-18/h1-7,11H2,(H2,12,19,20)(H2,13,14,15,16,17). The number of nitrogens with one attached hydrogen (secondary N) is 2. The molecule has 1 aromatic rings. The van der Waals surface area contributed by atoms with Crippen LogP contribution in [-0.2, 0) is 10.0 Å². The number of nitrogens with two attached hydrogens (primary N) is 2. The summed E-state index contributed by atoms with van der Waals surface area (Å²) in [4.78, 5) is 14.6. The van der Waals surface area contributed by atoms with Crippen molar-refractivity contribution in [3.63, 3.8) is 0 Å². The van der Waals surface area contributed by atoms with E-state index >= 15 is 0 Å². The molecule has 1 aromatic heterocycles. The Bertz CT molecular complexity index is 572. The van der Waals surface area contributed by atoms with E-state index in [0.29, 0.717) is 5.95 Å². The largest absolute Gasteiger partial charge is 0.353 e. The first-order chi connectivity index (χ1) is 9.98. The van der Waals surface area contributed by atoms with Crippen molar-refractivity contribution in [1.82, 2.24) is 15.0 Å². The number of sulfonamides is 1. The smallest absolute Gasteiger partial charge is 0.243 e. The van der Waals surface area contributed by atoms with Crippen molar-refractivity contribution in [3.05, 3.63) is 0 Å². The predicted molar refractivity (Wildman–Crippen MR) is 80.2 cm³/mol. The average molecular weight is 316 g/mol. The maximum absolute atomic E-state index is 10.9. The van der Waals surface area contributed by atoms with Gasteiger partial charge in [0.1, 0.15) is 0 Å². The second-order valence-corrected chi connectivity index (χ2v) is 6.50. The van der Waals surface area contributed by atoms with Gasteiger partial charge in [-0.25, -0.2) is 19.4 Å². The van der Waals surface area contributed by atoms with Gasteiger partial charge < -0.3 is 10.2 Å². The predicted octanol–water partition coefficient (Wildman–Crippen LogP) is -1.15. The third-order valence-electron chi connectivity index (χ3n) is 3.06. The minimum Gasteiger partial charge on any atom is -0.353 e. The molecule has 0 amide bonds. The van der Waals surface area contributed by atoms with Crippen LogP contribution >= 0.6 is 0 Å². The Labute approximate surface area is 123 Å². The molecule has 118 valence electrons. The summed E-state index contributed by atoms with van der Waals surface area (Å²) >= 11 is 0. The van der Waals surface area contributed by atoms with Gasteiger partial charge in [0.05, 0.1) is 5.75 Å². The summed E-state index contributed by atoms with van der Waals surface area (Å²) in [6.45, 7) is 1.88. The van der Waals surface area contributed by atoms with Crippen LogP contribution in [0.1, 0.15) is 19.3 Å². The first-order valence-electron chi connectivity index (χ1n) is 6.70. The SMILES string of the molecule is NNc1nc(NCCS(N)(=O)=O)nc(N2CCCCC2)n1. The Kier molecular flexibility index (Phi) is 5.09. The molecule has 1 aliphatic heterocycles. The van der Waals surface area contributed by atoms with Crippen molar-refractivity contribution in [2.75, 3.05) is 41.0 Å².